The van der Waals surface area contributed by atoms with Crippen molar-refractivity contribution in [1.29, 1.82) is 0 Å². The molecule has 0 radical (unpaired) electrons. The van der Waals surface area contributed by atoms with Gasteiger partial charge in [0.2, 0.25) is 5.91 Å². The molecule has 1 aliphatic rings. The summed E-state index contributed by atoms with van der Waals surface area (Å²) in [6.07, 6.45) is 0.842. The zero-order valence-corrected chi connectivity index (χ0v) is 18.6. The highest BCUT2D eigenvalue weighted by molar-refractivity contribution is 5.82. The van der Waals surface area contributed by atoms with Crippen molar-refractivity contribution in [3.8, 4) is 5.75 Å². The average molecular weight is 410 g/mol. The van der Waals surface area contributed by atoms with Crippen LogP contribution in [-0.2, 0) is 17.9 Å². The normalized spacial score (nSPS) is 19.4. The van der Waals surface area contributed by atoms with Crippen LogP contribution in [0.5, 0.6) is 5.75 Å². The number of hydrogen-bond donors (Lipinski definition) is 2. The fourth-order valence-electron chi connectivity index (χ4n) is 3.92. The van der Waals surface area contributed by atoms with Crippen LogP contribution in [0.25, 0.3) is 0 Å². The molecule has 0 aliphatic carbocycles. The highest BCUT2D eigenvalue weighted by Crippen LogP contribution is 2.22. The molecule has 0 spiro atoms. The predicted molar refractivity (Wildman–Crippen MR) is 121 cm³/mol. The first-order valence-corrected chi connectivity index (χ1v) is 11.0. The van der Waals surface area contributed by atoms with Crippen molar-refractivity contribution in [2.24, 2.45) is 0 Å². The minimum absolute atomic E-state index is 0.0568. The van der Waals surface area contributed by atoms with E-state index in [1.165, 1.54) is 5.56 Å². The van der Waals surface area contributed by atoms with Crippen LogP contribution in [-0.4, -0.2) is 41.5 Å². The predicted octanol–water partition coefficient (Wildman–Crippen LogP) is 3.73. The minimum atomic E-state index is -0.0568. The van der Waals surface area contributed by atoms with Gasteiger partial charge in [-0.2, -0.15) is 0 Å². The number of ether oxygens (including phenoxy) is 1. The summed E-state index contributed by atoms with van der Waals surface area (Å²) < 4.78 is 5.87. The van der Waals surface area contributed by atoms with Crippen LogP contribution in [0.3, 0.4) is 0 Å². The first kappa shape index (κ1) is 22.3. The molecule has 0 bridgehead atoms. The Hall–Kier alpha value is -2.37. The average Bonchev–Trinajstić information content (AvgIpc) is 3.17. The van der Waals surface area contributed by atoms with Crippen LogP contribution in [0.1, 0.15) is 45.2 Å². The number of carbonyl (C=O) groups is 1. The van der Waals surface area contributed by atoms with Gasteiger partial charge in [-0.05, 0) is 57.4 Å². The Morgan fingerprint density at radius 1 is 1.03 bits per heavy atom. The quantitative estimate of drug-likeness (QED) is 0.663. The van der Waals surface area contributed by atoms with Crippen LogP contribution in [0, 0.1) is 0 Å². The van der Waals surface area contributed by atoms with Gasteiger partial charge >= 0.3 is 0 Å². The molecule has 0 aromatic heterocycles. The molecule has 3 rings (SSSR count). The fourth-order valence-corrected chi connectivity index (χ4v) is 3.92. The lowest BCUT2D eigenvalue weighted by Crippen LogP contribution is -2.47. The molecular formula is C25H35N3O2. The van der Waals surface area contributed by atoms with E-state index in [4.69, 9.17) is 4.74 Å². The number of hydrogen-bond acceptors (Lipinski definition) is 4. The van der Waals surface area contributed by atoms with Crippen LogP contribution in [0.2, 0.25) is 0 Å². The smallest absolute Gasteiger partial charge is 0.237 e. The van der Waals surface area contributed by atoms with Crippen LogP contribution in [0.15, 0.2) is 54.6 Å². The molecule has 30 heavy (non-hydrogen) atoms. The Bertz CT molecular complexity index is 790. The van der Waals surface area contributed by atoms with E-state index in [0.29, 0.717) is 18.7 Å². The summed E-state index contributed by atoms with van der Waals surface area (Å²) in [7, 11) is 0. The Labute approximate surface area is 180 Å². The van der Waals surface area contributed by atoms with E-state index in [1.807, 2.05) is 44.2 Å². The fraction of sp³-hybridized carbons (Fsp3) is 0.480. The monoisotopic (exact) mass is 409 g/mol. The standard InChI is InChI=1S/C25H35N3O2/c1-18(2)27-25(29)24-14-22(16-28(24)19(3)4)26-15-20-10-12-23(13-11-20)30-17-21-8-6-5-7-9-21/h5-13,18-19,22,24,26H,14-17H2,1-4H3,(H,27,29)/t22-,24+/m1/s1. The molecule has 1 saturated heterocycles. The largest absolute Gasteiger partial charge is 0.489 e. The molecular weight excluding hydrogens is 374 g/mol. The Kier molecular flexibility index (Phi) is 7.88. The van der Waals surface area contributed by atoms with Crippen molar-refractivity contribution in [3.63, 3.8) is 0 Å². The van der Waals surface area contributed by atoms with Gasteiger partial charge in [0.25, 0.3) is 0 Å². The van der Waals surface area contributed by atoms with E-state index >= 15 is 0 Å². The molecule has 0 unspecified atom stereocenters. The number of rotatable bonds is 9. The van der Waals surface area contributed by atoms with E-state index in [2.05, 4.69) is 53.6 Å². The lowest BCUT2D eigenvalue weighted by molar-refractivity contribution is -0.126. The number of likely N-dealkylation sites (tertiary alicyclic amines) is 1. The lowest BCUT2D eigenvalue weighted by atomic mass is 10.1. The van der Waals surface area contributed by atoms with Gasteiger partial charge in [-0.15, -0.1) is 0 Å². The molecule has 162 valence electrons. The maximum Gasteiger partial charge on any atom is 0.237 e. The molecule has 5 nitrogen and oxygen atoms in total. The first-order valence-electron chi connectivity index (χ1n) is 11.0. The van der Waals surface area contributed by atoms with E-state index in [9.17, 15) is 4.79 Å². The second kappa shape index (κ2) is 10.6. The van der Waals surface area contributed by atoms with Gasteiger partial charge in [0.1, 0.15) is 12.4 Å². The molecule has 1 heterocycles. The van der Waals surface area contributed by atoms with Crippen LogP contribution in [0.4, 0.5) is 0 Å². The van der Waals surface area contributed by atoms with E-state index in [-0.39, 0.29) is 18.0 Å². The molecule has 2 N–H and O–H groups in total. The van der Waals surface area contributed by atoms with Crippen molar-refractivity contribution in [2.45, 2.75) is 71.4 Å². The highest BCUT2D eigenvalue weighted by Gasteiger charge is 2.37. The van der Waals surface area contributed by atoms with Crippen molar-refractivity contribution in [3.05, 3.63) is 65.7 Å². The topological polar surface area (TPSA) is 53.6 Å². The first-order chi connectivity index (χ1) is 14.4. The van der Waals surface area contributed by atoms with E-state index in [1.54, 1.807) is 0 Å². The molecule has 2 atom stereocenters. The summed E-state index contributed by atoms with van der Waals surface area (Å²) in [5.74, 6) is 1.02. The molecule has 5 heteroatoms. The SMILES string of the molecule is CC(C)NC(=O)[C@@H]1C[C@@H](NCc2ccc(OCc3ccccc3)cc2)CN1C(C)C. The maximum atomic E-state index is 12.6. The molecule has 2 aromatic carbocycles. The summed E-state index contributed by atoms with van der Waals surface area (Å²) in [4.78, 5) is 14.9. The third-order valence-electron chi connectivity index (χ3n) is 5.50. The van der Waals surface area contributed by atoms with Crippen LogP contribution < -0.4 is 15.4 Å². The number of benzene rings is 2. The maximum absolute atomic E-state index is 12.6. The molecule has 0 saturated carbocycles. The summed E-state index contributed by atoms with van der Waals surface area (Å²) in [5.41, 5.74) is 2.38. The van der Waals surface area contributed by atoms with Gasteiger partial charge < -0.3 is 15.4 Å². The Morgan fingerprint density at radius 3 is 2.37 bits per heavy atom. The zero-order chi connectivity index (χ0) is 21.5. The lowest BCUT2D eigenvalue weighted by Gasteiger charge is -2.27. The molecule has 1 fully saturated rings. The number of carbonyl (C=O) groups excluding carboxylic acids is 1. The number of nitrogens with zero attached hydrogens (tertiary/aromatic N) is 1. The van der Waals surface area contributed by atoms with Gasteiger partial charge in [0.05, 0.1) is 6.04 Å². The van der Waals surface area contributed by atoms with Gasteiger partial charge in [0, 0.05) is 31.2 Å². The molecule has 1 amide bonds. The van der Waals surface area contributed by atoms with Crippen molar-refractivity contribution < 1.29 is 9.53 Å². The Morgan fingerprint density at radius 2 is 1.73 bits per heavy atom. The third-order valence-corrected chi connectivity index (χ3v) is 5.50. The van der Waals surface area contributed by atoms with Gasteiger partial charge in [0.15, 0.2) is 0 Å². The number of nitrogens with one attached hydrogen (secondary N) is 2. The minimum Gasteiger partial charge on any atom is -0.489 e. The summed E-state index contributed by atoms with van der Waals surface area (Å²) in [6.45, 7) is 10.6. The Balaban J connectivity index is 1.49. The van der Waals surface area contributed by atoms with E-state index < -0.39 is 0 Å². The zero-order valence-electron chi connectivity index (χ0n) is 18.6. The summed E-state index contributed by atoms with van der Waals surface area (Å²) >= 11 is 0. The van der Waals surface area contributed by atoms with Crippen LogP contribution >= 0.6 is 0 Å². The van der Waals surface area contributed by atoms with Crippen molar-refractivity contribution in [2.75, 3.05) is 6.54 Å². The second-order valence-electron chi connectivity index (χ2n) is 8.70. The summed E-state index contributed by atoms with van der Waals surface area (Å²) in [5, 5.41) is 6.71. The van der Waals surface area contributed by atoms with E-state index in [0.717, 1.165) is 30.8 Å². The highest BCUT2D eigenvalue weighted by atomic mass is 16.5. The van der Waals surface area contributed by atoms with Crippen molar-refractivity contribution in [1.82, 2.24) is 15.5 Å². The molecule has 1 aliphatic heterocycles. The second-order valence-corrected chi connectivity index (χ2v) is 8.70. The van der Waals surface area contributed by atoms with Gasteiger partial charge in [-0.1, -0.05) is 42.5 Å². The summed E-state index contributed by atoms with van der Waals surface area (Å²) in [6, 6.07) is 19.2. The number of amides is 1. The van der Waals surface area contributed by atoms with Gasteiger partial charge in [-0.25, -0.2) is 0 Å². The third kappa shape index (κ3) is 6.31. The molecule has 2 aromatic rings. The van der Waals surface area contributed by atoms with Gasteiger partial charge in [-0.3, -0.25) is 9.69 Å². The van der Waals surface area contributed by atoms with Crippen molar-refractivity contribution >= 4 is 5.91 Å².